The van der Waals surface area contributed by atoms with Crippen LogP contribution in [-0.4, -0.2) is 53.1 Å². The van der Waals surface area contributed by atoms with Crippen molar-refractivity contribution in [3.63, 3.8) is 0 Å². The number of carbonyl (C=O) groups excluding carboxylic acids is 1. The number of carboxylic acids is 1. The average Bonchev–Trinajstić information content (AvgIpc) is 3.26. The normalized spacial score (nSPS) is 20.7. The summed E-state index contributed by atoms with van der Waals surface area (Å²) in [6.45, 7) is 5.32. The molecule has 1 fully saturated rings. The van der Waals surface area contributed by atoms with Crippen LogP contribution in [0.1, 0.15) is 60.7 Å². The number of rotatable bonds is 5. The number of carboxylic acid groups (broad SMARTS) is 1. The summed E-state index contributed by atoms with van der Waals surface area (Å²) >= 11 is 0. The first-order chi connectivity index (χ1) is 17.4. The zero-order chi connectivity index (χ0) is 25.4. The first-order valence-electron chi connectivity index (χ1n) is 12.7. The SMILES string of the molecule is COC(=O)N1c2ccc3c(nc(C[C@@H](C(=O)O)c4ccc(C)cc4)n3[C@@H]3CCCOC3)c2CC[C@@H]1C. The number of hydrogen-bond donors (Lipinski definition) is 1. The quantitative estimate of drug-likeness (QED) is 0.539. The van der Waals surface area contributed by atoms with E-state index in [0.29, 0.717) is 6.61 Å². The average molecular weight is 492 g/mol. The van der Waals surface area contributed by atoms with Gasteiger partial charge in [0.1, 0.15) is 5.82 Å². The lowest BCUT2D eigenvalue weighted by Crippen LogP contribution is -2.42. The second-order valence-electron chi connectivity index (χ2n) is 9.93. The summed E-state index contributed by atoms with van der Waals surface area (Å²) in [4.78, 5) is 31.8. The molecule has 8 heteroatoms. The minimum absolute atomic E-state index is 0.0219. The molecule has 1 amide bonds. The largest absolute Gasteiger partial charge is 0.481 e. The van der Waals surface area contributed by atoms with E-state index in [2.05, 4.69) is 4.57 Å². The Morgan fingerprint density at radius 2 is 1.97 bits per heavy atom. The van der Waals surface area contributed by atoms with Crippen molar-refractivity contribution < 1.29 is 24.2 Å². The summed E-state index contributed by atoms with van der Waals surface area (Å²) in [5, 5.41) is 10.2. The number of nitrogens with zero attached hydrogens (tertiary/aromatic N) is 3. The van der Waals surface area contributed by atoms with Crippen LogP contribution in [-0.2, 0) is 27.1 Å². The third-order valence-corrected chi connectivity index (χ3v) is 7.56. The molecule has 5 rings (SSSR count). The maximum absolute atomic E-state index is 12.6. The number of imidazole rings is 1. The van der Waals surface area contributed by atoms with E-state index in [1.54, 1.807) is 4.90 Å². The molecule has 0 saturated carbocycles. The van der Waals surface area contributed by atoms with Crippen molar-refractivity contribution in [3.05, 3.63) is 58.9 Å². The van der Waals surface area contributed by atoms with Crippen molar-refractivity contribution in [2.45, 2.75) is 64.0 Å². The lowest BCUT2D eigenvalue weighted by atomic mass is 9.94. The number of amides is 1. The number of carbonyl (C=O) groups is 2. The van der Waals surface area contributed by atoms with Crippen LogP contribution in [0.2, 0.25) is 0 Å². The first-order valence-corrected chi connectivity index (χ1v) is 12.7. The lowest BCUT2D eigenvalue weighted by molar-refractivity contribution is -0.138. The minimum Gasteiger partial charge on any atom is -0.481 e. The van der Waals surface area contributed by atoms with Gasteiger partial charge in [-0.15, -0.1) is 0 Å². The van der Waals surface area contributed by atoms with E-state index in [-0.39, 0.29) is 24.6 Å². The molecule has 3 aromatic rings. The molecule has 0 radical (unpaired) electrons. The molecule has 36 heavy (non-hydrogen) atoms. The van der Waals surface area contributed by atoms with E-state index >= 15 is 0 Å². The van der Waals surface area contributed by atoms with Gasteiger partial charge in [-0.05, 0) is 57.2 Å². The maximum Gasteiger partial charge on any atom is 0.414 e. The van der Waals surface area contributed by atoms with Gasteiger partial charge in [-0.1, -0.05) is 29.8 Å². The zero-order valence-corrected chi connectivity index (χ0v) is 21.1. The van der Waals surface area contributed by atoms with Crippen molar-refractivity contribution in [3.8, 4) is 0 Å². The number of fused-ring (bicyclic) bond motifs is 3. The molecule has 1 aromatic heterocycles. The fraction of sp³-hybridized carbons (Fsp3) is 0.464. The molecule has 0 bridgehead atoms. The van der Waals surface area contributed by atoms with Crippen molar-refractivity contribution in [2.24, 2.45) is 0 Å². The van der Waals surface area contributed by atoms with Crippen molar-refractivity contribution >= 4 is 28.8 Å². The second kappa shape index (κ2) is 9.93. The van der Waals surface area contributed by atoms with Crippen molar-refractivity contribution in [1.29, 1.82) is 0 Å². The van der Waals surface area contributed by atoms with Gasteiger partial charge in [-0.25, -0.2) is 9.78 Å². The van der Waals surface area contributed by atoms with Crippen LogP contribution < -0.4 is 4.90 Å². The summed E-state index contributed by atoms with van der Waals surface area (Å²) < 4.78 is 13.1. The van der Waals surface area contributed by atoms with Gasteiger partial charge in [0.15, 0.2) is 0 Å². The molecule has 8 nitrogen and oxygen atoms in total. The van der Waals surface area contributed by atoms with Crippen LogP contribution in [0, 0.1) is 6.92 Å². The number of aliphatic carboxylic acids is 1. The smallest absolute Gasteiger partial charge is 0.414 e. The van der Waals surface area contributed by atoms with E-state index in [9.17, 15) is 14.7 Å². The Morgan fingerprint density at radius 3 is 2.64 bits per heavy atom. The molecule has 2 aliphatic heterocycles. The highest BCUT2D eigenvalue weighted by Gasteiger charge is 2.33. The minimum atomic E-state index is -0.870. The highest BCUT2D eigenvalue weighted by Crippen LogP contribution is 2.39. The highest BCUT2D eigenvalue weighted by molar-refractivity contribution is 5.95. The van der Waals surface area contributed by atoms with E-state index in [1.165, 1.54) is 7.11 Å². The number of aryl methyl sites for hydroxylation is 2. The summed E-state index contributed by atoms with van der Waals surface area (Å²) in [7, 11) is 1.40. The van der Waals surface area contributed by atoms with Gasteiger partial charge in [0.2, 0.25) is 0 Å². The summed E-state index contributed by atoms with van der Waals surface area (Å²) in [5.74, 6) is -0.844. The number of aromatic nitrogens is 2. The van der Waals surface area contributed by atoms with E-state index in [0.717, 1.165) is 71.5 Å². The van der Waals surface area contributed by atoms with Crippen LogP contribution in [0.25, 0.3) is 11.0 Å². The molecule has 2 aliphatic rings. The summed E-state index contributed by atoms with van der Waals surface area (Å²) in [6, 6.07) is 11.8. The van der Waals surface area contributed by atoms with Crippen LogP contribution in [0.5, 0.6) is 0 Å². The maximum atomic E-state index is 12.6. The topological polar surface area (TPSA) is 93.9 Å². The Kier molecular flexibility index (Phi) is 6.71. The van der Waals surface area contributed by atoms with Gasteiger partial charge in [0.25, 0.3) is 0 Å². The van der Waals surface area contributed by atoms with Gasteiger partial charge in [0.05, 0.1) is 42.4 Å². The van der Waals surface area contributed by atoms with E-state index in [4.69, 9.17) is 14.5 Å². The zero-order valence-electron chi connectivity index (χ0n) is 21.1. The van der Waals surface area contributed by atoms with Crippen LogP contribution in [0.15, 0.2) is 36.4 Å². The van der Waals surface area contributed by atoms with Gasteiger partial charge >= 0.3 is 12.1 Å². The number of benzene rings is 2. The molecular formula is C28H33N3O5. The van der Waals surface area contributed by atoms with Gasteiger partial charge in [-0.3, -0.25) is 9.69 Å². The fourth-order valence-electron chi connectivity index (χ4n) is 5.63. The van der Waals surface area contributed by atoms with Crippen LogP contribution in [0.3, 0.4) is 0 Å². The summed E-state index contributed by atoms with van der Waals surface area (Å²) in [5.41, 5.74) is 5.48. The molecule has 1 N–H and O–H groups in total. The predicted octanol–water partition coefficient (Wildman–Crippen LogP) is 5.01. The standard InChI is InChI=1S/C28H33N3O5/c1-17-6-9-19(10-7-17)22(27(32)33)15-25-29-26-21-11-8-18(2)30(28(34)35-3)23(21)12-13-24(26)31(25)20-5-4-14-36-16-20/h6-7,9-10,12-13,18,20,22H,4-5,8,11,14-16H2,1-3H3,(H,32,33)/t18-,20+,22+/m0/s1. The fourth-order valence-corrected chi connectivity index (χ4v) is 5.63. The van der Waals surface area contributed by atoms with Gasteiger partial charge in [0, 0.05) is 24.6 Å². The lowest BCUT2D eigenvalue weighted by Gasteiger charge is -2.34. The Hall–Kier alpha value is -3.39. The Balaban J connectivity index is 1.64. The number of anilines is 1. The Bertz CT molecular complexity index is 1280. The van der Waals surface area contributed by atoms with Crippen LogP contribution in [0.4, 0.5) is 10.5 Å². The Morgan fingerprint density at radius 1 is 1.19 bits per heavy atom. The number of methoxy groups -OCH3 is 1. The predicted molar refractivity (Wildman–Crippen MR) is 137 cm³/mol. The van der Waals surface area contributed by atoms with Crippen molar-refractivity contribution in [1.82, 2.24) is 9.55 Å². The third kappa shape index (κ3) is 4.34. The van der Waals surface area contributed by atoms with E-state index in [1.807, 2.05) is 50.2 Å². The van der Waals surface area contributed by atoms with Crippen molar-refractivity contribution in [2.75, 3.05) is 25.2 Å². The molecule has 0 aliphatic carbocycles. The van der Waals surface area contributed by atoms with E-state index < -0.39 is 11.9 Å². The Labute approximate surface area is 210 Å². The molecule has 2 aromatic carbocycles. The third-order valence-electron chi connectivity index (χ3n) is 7.56. The molecule has 0 spiro atoms. The molecule has 3 atom stereocenters. The van der Waals surface area contributed by atoms with Gasteiger partial charge < -0.3 is 19.1 Å². The van der Waals surface area contributed by atoms with Crippen LogP contribution >= 0.6 is 0 Å². The first kappa shape index (κ1) is 24.3. The summed E-state index contributed by atoms with van der Waals surface area (Å²) in [6.07, 6.45) is 3.38. The number of hydrogen-bond acceptors (Lipinski definition) is 5. The molecule has 3 heterocycles. The van der Waals surface area contributed by atoms with Gasteiger partial charge in [-0.2, -0.15) is 0 Å². The highest BCUT2D eigenvalue weighted by atomic mass is 16.5. The second-order valence-corrected chi connectivity index (χ2v) is 9.93. The molecular weight excluding hydrogens is 458 g/mol. The monoisotopic (exact) mass is 491 g/mol. The number of ether oxygens (including phenoxy) is 2. The molecule has 190 valence electrons. The molecule has 0 unspecified atom stereocenters. The molecule has 1 saturated heterocycles.